The second-order valence-corrected chi connectivity index (χ2v) is 5.49. The van der Waals surface area contributed by atoms with Crippen LogP contribution in [0, 0.1) is 6.92 Å². The van der Waals surface area contributed by atoms with Crippen molar-refractivity contribution < 1.29 is 4.74 Å². The molecule has 4 nitrogen and oxygen atoms in total. The van der Waals surface area contributed by atoms with Gasteiger partial charge in [-0.05, 0) is 41.1 Å². The molecule has 0 amide bonds. The fourth-order valence-electron chi connectivity index (χ4n) is 1.70. The summed E-state index contributed by atoms with van der Waals surface area (Å²) in [6.45, 7) is 3.93. The zero-order chi connectivity index (χ0) is 14.7. The number of aromatic nitrogens is 2. The number of nitrogens with zero attached hydrogens (tertiary/aromatic N) is 2. The lowest BCUT2D eigenvalue weighted by Crippen LogP contribution is -2.04. The summed E-state index contributed by atoms with van der Waals surface area (Å²) in [7, 11) is 1.83. The first-order valence-electron chi connectivity index (χ1n) is 6.23. The van der Waals surface area contributed by atoms with Gasteiger partial charge >= 0.3 is 0 Å². The Morgan fingerprint density at radius 2 is 2.10 bits per heavy atom. The summed E-state index contributed by atoms with van der Waals surface area (Å²) in [5, 5.41) is 3.70. The predicted molar refractivity (Wildman–Crippen MR) is 84.9 cm³/mol. The van der Waals surface area contributed by atoms with E-state index in [0.29, 0.717) is 16.7 Å². The third-order valence-corrected chi connectivity index (χ3v) is 3.66. The number of anilines is 1. The van der Waals surface area contributed by atoms with E-state index in [9.17, 15) is 0 Å². The average molecular weight is 357 g/mol. The predicted octanol–water partition coefficient (Wildman–Crippen LogP) is 4.60. The number of nitrogens with one attached hydrogen (secondary N) is 1. The van der Waals surface area contributed by atoms with Crippen molar-refractivity contribution >= 4 is 33.3 Å². The Morgan fingerprint density at radius 1 is 1.35 bits per heavy atom. The van der Waals surface area contributed by atoms with E-state index in [0.717, 1.165) is 28.1 Å². The maximum atomic E-state index is 5.93. The summed E-state index contributed by atoms with van der Waals surface area (Å²) < 4.78 is 6.67. The molecule has 6 heteroatoms. The van der Waals surface area contributed by atoms with Crippen molar-refractivity contribution in [3.05, 3.63) is 39.1 Å². The van der Waals surface area contributed by atoms with Gasteiger partial charge in [0.25, 0.3) is 0 Å². The summed E-state index contributed by atoms with van der Waals surface area (Å²) >= 11 is 9.36. The summed E-state index contributed by atoms with van der Waals surface area (Å²) in [5.41, 5.74) is 0.867. The highest BCUT2D eigenvalue weighted by Gasteiger charge is 2.13. The van der Waals surface area contributed by atoms with Gasteiger partial charge in [0.15, 0.2) is 0 Å². The largest absolute Gasteiger partial charge is 0.437 e. The molecule has 0 fully saturated rings. The van der Waals surface area contributed by atoms with Crippen LogP contribution in [0.2, 0.25) is 5.02 Å². The van der Waals surface area contributed by atoms with Crippen LogP contribution in [0.3, 0.4) is 0 Å². The van der Waals surface area contributed by atoms with Crippen molar-refractivity contribution in [3.8, 4) is 11.6 Å². The van der Waals surface area contributed by atoms with E-state index in [1.807, 2.05) is 20.9 Å². The number of hydrogen-bond acceptors (Lipinski definition) is 4. The maximum absolute atomic E-state index is 5.93. The third kappa shape index (κ3) is 3.22. The summed E-state index contributed by atoms with van der Waals surface area (Å²) in [6, 6.07) is 5.36. The highest BCUT2D eigenvalue weighted by Crippen LogP contribution is 2.33. The van der Waals surface area contributed by atoms with Crippen LogP contribution in [0.15, 0.2) is 22.7 Å². The van der Waals surface area contributed by atoms with E-state index in [1.54, 1.807) is 18.2 Å². The smallest absolute Gasteiger partial charge is 0.227 e. The molecule has 1 aromatic heterocycles. The van der Waals surface area contributed by atoms with Gasteiger partial charge in [0.2, 0.25) is 5.88 Å². The van der Waals surface area contributed by atoms with E-state index >= 15 is 0 Å². The maximum Gasteiger partial charge on any atom is 0.227 e. The van der Waals surface area contributed by atoms with Crippen LogP contribution in [0.25, 0.3) is 0 Å². The molecule has 106 valence electrons. The van der Waals surface area contributed by atoms with Gasteiger partial charge < -0.3 is 10.1 Å². The van der Waals surface area contributed by atoms with Gasteiger partial charge in [-0.25, -0.2) is 4.98 Å². The molecule has 20 heavy (non-hydrogen) atoms. The van der Waals surface area contributed by atoms with E-state index < -0.39 is 0 Å². The third-order valence-electron chi connectivity index (χ3n) is 2.80. The summed E-state index contributed by atoms with van der Waals surface area (Å²) in [6.07, 6.45) is 0.743. The molecular weight excluding hydrogens is 342 g/mol. The van der Waals surface area contributed by atoms with Gasteiger partial charge in [-0.3, -0.25) is 0 Å². The molecule has 0 aliphatic rings. The zero-order valence-electron chi connectivity index (χ0n) is 11.5. The van der Waals surface area contributed by atoms with Gasteiger partial charge in [-0.2, -0.15) is 4.98 Å². The molecule has 0 radical (unpaired) electrons. The Morgan fingerprint density at radius 3 is 2.70 bits per heavy atom. The van der Waals surface area contributed by atoms with Crippen LogP contribution < -0.4 is 10.1 Å². The van der Waals surface area contributed by atoms with Crippen molar-refractivity contribution in [1.29, 1.82) is 0 Å². The van der Waals surface area contributed by atoms with Crippen molar-refractivity contribution in [2.45, 2.75) is 20.3 Å². The number of ether oxygens (including phenoxy) is 1. The minimum Gasteiger partial charge on any atom is -0.437 e. The Kier molecular flexibility index (Phi) is 4.83. The van der Waals surface area contributed by atoms with Gasteiger partial charge in [-0.1, -0.05) is 18.5 Å². The first-order chi connectivity index (χ1) is 9.55. The van der Waals surface area contributed by atoms with Crippen molar-refractivity contribution in [3.63, 3.8) is 0 Å². The minimum absolute atomic E-state index is 0.546. The van der Waals surface area contributed by atoms with Crippen LogP contribution in [0.1, 0.15) is 18.3 Å². The van der Waals surface area contributed by atoms with Crippen LogP contribution >= 0.6 is 27.5 Å². The minimum atomic E-state index is 0.546. The topological polar surface area (TPSA) is 47.0 Å². The van der Waals surface area contributed by atoms with Crippen LogP contribution in [-0.4, -0.2) is 17.0 Å². The summed E-state index contributed by atoms with van der Waals surface area (Å²) in [5.74, 6) is 2.72. The number of halogens is 2. The monoisotopic (exact) mass is 355 g/mol. The Hall–Kier alpha value is -1.33. The quantitative estimate of drug-likeness (QED) is 0.870. The molecular formula is C14H15BrClN3O. The molecule has 1 N–H and O–H groups in total. The van der Waals surface area contributed by atoms with E-state index in [1.165, 1.54) is 0 Å². The lowest BCUT2D eigenvalue weighted by Gasteiger charge is -2.13. The summed E-state index contributed by atoms with van der Waals surface area (Å²) in [4.78, 5) is 8.84. The number of hydrogen-bond donors (Lipinski definition) is 1. The molecule has 2 aromatic rings. The Bertz CT molecular complexity index is 634. The molecule has 0 unspecified atom stereocenters. The van der Waals surface area contributed by atoms with Gasteiger partial charge in [0.05, 0.1) is 10.0 Å². The molecule has 2 rings (SSSR count). The molecule has 0 atom stereocenters. The van der Waals surface area contributed by atoms with Crippen LogP contribution in [0.5, 0.6) is 11.6 Å². The highest BCUT2D eigenvalue weighted by molar-refractivity contribution is 9.10. The normalized spacial score (nSPS) is 10.4. The van der Waals surface area contributed by atoms with Crippen LogP contribution in [0.4, 0.5) is 5.82 Å². The second-order valence-electron chi connectivity index (χ2n) is 4.20. The number of rotatable bonds is 4. The first-order valence-corrected chi connectivity index (χ1v) is 7.40. The van der Waals surface area contributed by atoms with E-state index in [-0.39, 0.29) is 0 Å². The SMILES string of the molecule is CCc1nc(NC)c(C)c(Oc2ccc(Cl)cc2Br)n1. The Labute approximate surface area is 131 Å². The van der Waals surface area contributed by atoms with Gasteiger partial charge in [0.1, 0.15) is 17.4 Å². The fraction of sp³-hybridized carbons (Fsp3) is 0.286. The van der Waals surface area contributed by atoms with Crippen molar-refractivity contribution in [1.82, 2.24) is 9.97 Å². The lowest BCUT2D eigenvalue weighted by atomic mass is 10.3. The number of benzene rings is 1. The van der Waals surface area contributed by atoms with E-state index in [4.69, 9.17) is 16.3 Å². The molecule has 0 saturated carbocycles. The molecule has 1 aromatic carbocycles. The molecule has 0 aliphatic heterocycles. The standard InChI is InChI=1S/C14H15BrClN3O/c1-4-12-18-13(17-3)8(2)14(19-12)20-11-6-5-9(16)7-10(11)15/h5-7H,4H2,1-3H3,(H,17,18,19). The zero-order valence-corrected chi connectivity index (χ0v) is 13.8. The Balaban J connectivity index is 2.42. The molecule has 0 bridgehead atoms. The molecule has 0 aliphatic carbocycles. The van der Waals surface area contributed by atoms with E-state index in [2.05, 4.69) is 31.2 Å². The first kappa shape index (κ1) is 15.1. The van der Waals surface area contributed by atoms with Crippen LogP contribution in [-0.2, 0) is 6.42 Å². The lowest BCUT2D eigenvalue weighted by molar-refractivity contribution is 0.452. The molecule has 0 saturated heterocycles. The molecule has 1 heterocycles. The highest BCUT2D eigenvalue weighted by atomic mass is 79.9. The number of aryl methyl sites for hydroxylation is 1. The van der Waals surface area contributed by atoms with Crippen molar-refractivity contribution in [2.24, 2.45) is 0 Å². The molecule has 0 spiro atoms. The van der Waals surface area contributed by atoms with Gasteiger partial charge in [0, 0.05) is 18.5 Å². The van der Waals surface area contributed by atoms with Crippen molar-refractivity contribution in [2.75, 3.05) is 12.4 Å². The van der Waals surface area contributed by atoms with Gasteiger partial charge in [-0.15, -0.1) is 0 Å². The fourth-order valence-corrected chi connectivity index (χ4v) is 2.47. The second kappa shape index (κ2) is 6.41. The average Bonchev–Trinajstić information content (AvgIpc) is 2.43.